The van der Waals surface area contributed by atoms with E-state index in [1.165, 1.54) is 6.07 Å². The molecule has 2 aromatic rings. The van der Waals surface area contributed by atoms with Crippen molar-refractivity contribution in [3.63, 3.8) is 0 Å². The van der Waals surface area contributed by atoms with Gasteiger partial charge in [0.25, 0.3) is 0 Å². The molecule has 0 radical (unpaired) electrons. The van der Waals surface area contributed by atoms with Gasteiger partial charge in [-0.15, -0.1) is 0 Å². The molecular formula is C24H31ClFN3O2. The van der Waals surface area contributed by atoms with Crippen LogP contribution in [0, 0.1) is 12.7 Å². The van der Waals surface area contributed by atoms with Crippen molar-refractivity contribution in [2.75, 3.05) is 11.9 Å². The van der Waals surface area contributed by atoms with Gasteiger partial charge in [-0.05, 0) is 70.2 Å². The number of ether oxygens (including phenoxy) is 1. The third-order valence-corrected chi connectivity index (χ3v) is 5.77. The van der Waals surface area contributed by atoms with Gasteiger partial charge in [0.05, 0.1) is 23.3 Å². The van der Waals surface area contributed by atoms with Crippen LogP contribution in [0.1, 0.15) is 69.7 Å². The highest BCUT2D eigenvalue weighted by Gasteiger charge is 2.28. The van der Waals surface area contributed by atoms with Gasteiger partial charge in [-0.1, -0.05) is 18.5 Å². The van der Waals surface area contributed by atoms with E-state index in [2.05, 4.69) is 15.3 Å². The number of nitrogens with one attached hydrogen (secondary N) is 1. The molecule has 1 aromatic carbocycles. The van der Waals surface area contributed by atoms with Crippen LogP contribution in [-0.2, 0) is 6.42 Å². The standard InChI is InChI=1S/C24H31ClFN3O2/c1-6-15(3)27-22-14(2)11-18(25)23(29-22)28-20-8-7-16-12-17(13-19(26)21(16)20)31-10-9-24(4,5)30/h11-13,20,30H,6-10H2,1-5H3,(H,28,29). The molecule has 31 heavy (non-hydrogen) atoms. The van der Waals surface area contributed by atoms with E-state index in [9.17, 15) is 9.50 Å². The first kappa shape index (κ1) is 23.5. The summed E-state index contributed by atoms with van der Waals surface area (Å²) in [6.07, 6.45) is 2.78. The maximum absolute atomic E-state index is 15.0. The second-order valence-electron chi connectivity index (χ2n) is 8.78. The first-order valence-corrected chi connectivity index (χ1v) is 11.1. The number of aliphatic imine (C=N–C) groups is 1. The highest BCUT2D eigenvalue weighted by molar-refractivity contribution is 6.33. The molecule has 168 valence electrons. The second kappa shape index (κ2) is 9.53. The minimum atomic E-state index is -0.816. The Morgan fingerprint density at radius 3 is 2.81 bits per heavy atom. The SMILES string of the molecule is CCC(C)=Nc1nc(NC2CCc3cc(OCCC(C)(C)O)cc(F)c32)c(Cl)cc1C. The molecule has 0 saturated heterocycles. The molecule has 5 nitrogen and oxygen atoms in total. The number of anilines is 1. The average molecular weight is 448 g/mol. The number of halogens is 2. The van der Waals surface area contributed by atoms with Gasteiger partial charge in [-0.2, -0.15) is 0 Å². The van der Waals surface area contributed by atoms with Crippen LogP contribution in [0.15, 0.2) is 23.2 Å². The maximum atomic E-state index is 15.0. The van der Waals surface area contributed by atoms with Gasteiger partial charge in [0.15, 0.2) is 5.82 Å². The Kier molecular flexibility index (Phi) is 7.22. The van der Waals surface area contributed by atoms with Crippen LogP contribution in [-0.4, -0.2) is 28.0 Å². The van der Waals surface area contributed by atoms with Crippen molar-refractivity contribution in [1.82, 2.24) is 4.98 Å². The minimum Gasteiger partial charge on any atom is -0.493 e. The molecule has 1 aromatic heterocycles. The summed E-state index contributed by atoms with van der Waals surface area (Å²) in [7, 11) is 0. The molecule has 0 amide bonds. The molecule has 7 heteroatoms. The van der Waals surface area contributed by atoms with Gasteiger partial charge >= 0.3 is 0 Å². The van der Waals surface area contributed by atoms with E-state index < -0.39 is 5.60 Å². The fourth-order valence-electron chi connectivity index (χ4n) is 3.54. The summed E-state index contributed by atoms with van der Waals surface area (Å²) < 4.78 is 20.7. The number of rotatable bonds is 8. The first-order valence-electron chi connectivity index (χ1n) is 10.7. The number of aliphatic hydroxyl groups is 1. The second-order valence-corrected chi connectivity index (χ2v) is 9.19. The number of pyridine rings is 1. The highest BCUT2D eigenvalue weighted by atomic mass is 35.5. The maximum Gasteiger partial charge on any atom is 0.157 e. The monoisotopic (exact) mass is 447 g/mol. The number of hydrogen-bond acceptors (Lipinski definition) is 5. The van der Waals surface area contributed by atoms with E-state index in [1.807, 2.05) is 32.9 Å². The first-order chi connectivity index (χ1) is 14.6. The molecule has 1 heterocycles. The van der Waals surface area contributed by atoms with Gasteiger partial charge in [-0.25, -0.2) is 14.4 Å². The number of aryl methyl sites for hydroxylation is 2. The Balaban J connectivity index is 1.80. The molecule has 0 aliphatic heterocycles. The van der Waals surface area contributed by atoms with E-state index in [0.717, 1.165) is 36.1 Å². The Morgan fingerprint density at radius 1 is 1.39 bits per heavy atom. The van der Waals surface area contributed by atoms with Crippen LogP contribution in [0.5, 0.6) is 5.75 Å². The zero-order valence-electron chi connectivity index (χ0n) is 18.9. The molecule has 2 N–H and O–H groups in total. The lowest BCUT2D eigenvalue weighted by molar-refractivity contribution is 0.0553. The van der Waals surface area contributed by atoms with E-state index in [-0.39, 0.29) is 11.9 Å². The predicted octanol–water partition coefficient (Wildman–Crippen LogP) is 6.32. The molecule has 0 saturated carbocycles. The van der Waals surface area contributed by atoms with Gasteiger partial charge in [-0.3, -0.25) is 0 Å². The number of benzene rings is 1. The van der Waals surface area contributed by atoms with Crippen LogP contribution < -0.4 is 10.1 Å². The fourth-order valence-corrected chi connectivity index (χ4v) is 3.80. The Labute approximate surface area is 188 Å². The van der Waals surface area contributed by atoms with Crippen molar-refractivity contribution < 1.29 is 14.2 Å². The van der Waals surface area contributed by atoms with Crippen molar-refractivity contribution >= 4 is 28.9 Å². The molecule has 1 atom stereocenters. The summed E-state index contributed by atoms with van der Waals surface area (Å²) in [4.78, 5) is 9.18. The molecule has 0 spiro atoms. The molecule has 3 rings (SSSR count). The van der Waals surface area contributed by atoms with Crippen LogP contribution in [0.3, 0.4) is 0 Å². The van der Waals surface area contributed by atoms with Crippen molar-refractivity contribution in [3.05, 3.63) is 45.7 Å². The third kappa shape index (κ3) is 5.95. The molecule has 1 unspecified atom stereocenters. The summed E-state index contributed by atoms with van der Waals surface area (Å²) in [5, 5.41) is 13.6. The highest BCUT2D eigenvalue weighted by Crippen LogP contribution is 2.39. The number of nitrogens with zero attached hydrogens (tertiary/aromatic N) is 2. The smallest absolute Gasteiger partial charge is 0.157 e. The molecule has 1 aliphatic carbocycles. The lowest BCUT2D eigenvalue weighted by atomic mass is 10.1. The summed E-state index contributed by atoms with van der Waals surface area (Å²) in [5.41, 5.74) is 2.61. The van der Waals surface area contributed by atoms with Crippen molar-refractivity contribution in [3.8, 4) is 5.75 Å². The number of fused-ring (bicyclic) bond motifs is 1. The van der Waals surface area contributed by atoms with Gasteiger partial charge < -0.3 is 15.2 Å². The summed E-state index contributed by atoms with van der Waals surface area (Å²) in [5.74, 6) is 1.31. The van der Waals surface area contributed by atoms with Gasteiger partial charge in [0.2, 0.25) is 0 Å². The summed E-state index contributed by atoms with van der Waals surface area (Å²) >= 11 is 6.43. The van der Waals surface area contributed by atoms with Crippen LogP contribution in [0.2, 0.25) is 5.02 Å². The minimum absolute atomic E-state index is 0.225. The van der Waals surface area contributed by atoms with Gasteiger partial charge in [0.1, 0.15) is 17.4 Å². The largest absolute Gasteiger partial charge is 0.493 e. The van der Waals surface area contributed by atoms with E-state index in [4.69, 9.17) is 16.3 Å². The Morgan fingerprint density at radius 2 is 2.13 bits per heavy atom. The van der Waals surface area contributed by atoms with E-state index >= 15 is 0 Å². The zero-order chi connectivity index (χ0) is 22.8. The van der Waals surface area contributed by atoms with Crippen LogP contribution >= 0.6 is 11.6 Å². The summed E-state index contributed by atoms with van der Waals surface area (Å²) in [6.45, 7) is 9.71. The van der Waals surface area contributed by atoms with E-state index in [1.54, 1.807) is 13.8 Å². The zero-order valence-corrected chi connectivity index (χ0v) is 19.6. The van der Waals surface area contributed by atoms with Crippen molar-refractivity contribution in [2.24, 2.45) is 4.99 Å². The Hall–Kier alpha value is -2.18. The number of aromatic nitrogens is 1. The molecular weight excluding hydrogens is 417 g/mol. The predicted molar refractivity (Wildman–Crippen MR) is 125 cm³/mol. The normalized spacial score (nSPS) is 16.4. The van der Waals surface area contributed by atoms with Crippen molar-refractivity contribution in [1.29, 1.82) is 0 Å². The topological polar surface area (TPSA) is 66.7 Å². The molecule has 0 fully saturated rings. The lowest BCUT2D eigenvalue weighted by Gasteiger charge is -2.19. The molecule has 1 aliphatic rings. The fraction of sp³-hybridized carbons (Fsp3) is 0.500. The van der Waals surface area contributed by atoms with Gasteiger partial charge in [0, 0.05) is 23.8 Å². The van der Waals surface area contributed by atoms with E-state index in [0.29, 0.717) is 41.0 Å². The van der Waals surface area contributed by atoms with Crippen molar-refractivity contribution in [2.45, 2.75) is 71.9 Å². The average Bonchev–Trinajstić information content (AvgIpc) is 3.07. The molecule has 0 bridgehead atoms. The summed E-state index contributed by atoms with van der Waals surface area (Å²) in [6, 6.07) is 4.91. The quantitative estimate of drug-likeness (QED) is 0.464. The Bertz CT molecular complexity index is 986. The van der Waals surface area contributed by atoms with Crippen LogP contribution in [0.4, 0.5) is 16.0 Å². The number of hydrogen-bond donors (Lipinski definition) is 2. The lowest BCUT2D eigenvalue weighted by Crippen LogP contribution is -2.21. The van der Waals surface area contributed by atoms with Crippen LogP contribution in [0.25, 0.3) is 0 Å². The third-order valence-electron chi connectivity index (χ3n) is 5.48.